The molecule has 0 radical (unpaired) electrons. The van der Waals surface area contributed by atoms with Crippen LogP contribution in [0.1, 0.15) is 35.8 Å². The van der Waals surface area contributed by atoms with Crippen LogP contribution in [-0.2, 0) is 9.59 Å². The van der Waals surface area contributed by atoms with Crippen LogP contribution in [0.15, 0.2) is 29.0 Å². The van der Waals surface area contributed by atoms with Gasteiger partial charge in [0, 0.05) is 31.3 Å². The second kappa shape index (κ2) is 6.82. The summed E-state index contributed by atoms with van der Waals surface area (Å²) < 4.78 is 5.30. The van der Waals surface area contributed by atoms with Crippen molar-refractivity contribution in [2.75, 3.05) is 18.4 Å². The molecule has 1 saturated heterocycles. The van der Waals surface area contributed by atoms with Crippen molar-refractivity contribution in [1.29, 1.82) is 0 Å². The predicted molar refractivity (Wildman–Crippen MR) is 87.4 cm³/mol. The summed E-state index contributed by atoms with van der Waals surface area (Å²) in [6.07, 6.45) is 4.71. The molecular formula is C17H20N4O3. The SMILES string of the molecule is Cc1cc(C2CCN(C(=O)C(=O)Nc3cnccc3C)CC2)on1. The van der Waals surface area contributed by atoms with Crippen LogP contribution in [0.3, 0.4) is 0 Å². The van der Waals surface area contributed by atoms with Gasteiger partial charge < -0.3 is 14.7 Å². The number of carbonyl (C=O) groups is 2. The van der Waals surface area contributed by atoms with Gasteiger partial charge in [0.25, 0.3) is 0 Å². The van der Waals surface area contributed by atoms with E-state index >= 15 is 0 Å². The van der Waals surface area contributed by atoms with E-state index in [-0.39, 0.29) is 5.92 Å². The minimum absolute atomic E-state index is 0.249. The molecule has 1 N–H and O–H groups in total. The zero-order valence-corrected chi connectivity index (χ0v) is 13.8. The first-order chi connectivity index (χ1) is 11.5. The van der Waals surface area contributed by atoms with Crippen molar-refractivity contribution in [2.24, 2.45) is 0 Å². The van der Waals surface area contributed by atoms with Crippen LogP contribution in [0, 0.1) is 13.8 Å². The Balaban J connectivity index is 1.57. The highest BCUT2D eigenvalue weighted by atomic mass is 16.5. The topological polar surface area (TPSA) is 88.3 Å². The Labute approximate surface area is 140 Å². The van der Waals surface area contributed by atoms with Crippen LogP contribution in [0.4, 0.5) is 5.69 Å². The van der Waals surface area contributed by atoms with E-state index in [0.717, 1.165) is 29.9 Å². The van der Waals surface area contributed by atoms with Crippen LogP contribution >= 0.6 is 0 Å². The summed E-state index contributed by atoms with van der Waals surface area (Å²) in [5.74, 6) is -0.0283. The van der Waals surface area contributed by atoms with Crippen molar-refractivity contribution in [3.63, 3.8) is 0 Å². The zero-order valence-electron chi connectivity index (χ0n) is 13.8. The van der Waals surface area contributed by atoms with Crippen LogP contribution in [0.2, 0.25) is 0 Å². The molecule has 3 heterocycles. The molecule has 2 aromatic rings. The molecule has 0 saturated carbocycles. The molecule has 0 bridgehead atoms. The fourth-order valence-electron chi connectivity index (χ4n) is 2.86. The summed E-state index contributed by atoms with van der Waals surface area (Å²) >= 11 is 0. The van der Waals surface area contributed by atoms with Gasteiger partial charge in [-0.05, 0) is 38.3 Å². The highest BCUT2D eigenvalue weighted by Gasteiger charge is 2.29. The van der Waals surface area contributed by atoms with Crippen molar-refractivity contribution < 1.29 is 14.1 Å². The fourth-order valence-corrected chi connectivity index (χ4v) is 2.86. The molecule has 7 heteroatoms. The van der Waals surface area contributed by atoms with Crippen molar-refractivity contribution >= 4 is 17.5 Å². The largest absolute Gasteiger partial charge is 0.361 e. The van der Waals surface area contributed by atoms with Gasteiger partial charge in [0.05, 0.1) is 17.6 Å². The third kappa shape index (κ3) is 3.45. The summed E-state index contributed by atoms with van der Waals surface area (Å²) in [7, 11) is 0. The smallest absolute Gasteiger partial charge is 0.313 e. The number of aromatic nitrogens is 2. The molecule has 2 amide bonds. The molecule has 0 spiro atoms. The average molecular weight is 328 g/mol. The van der Waals surface area contributed by atoms with E-state index < -0.39 is 11.8 Å². The van der Waals surface area contributed by atoms with Crippen LogP contribution in [0.5, 0.6) is 0 Å². The summed E-state index contributed by atoms with van der Waals surface area (Å²) in [5, 5.41) is 6.54. The second-order valence-electron chi connectivity index (χ2n) is 6.08. The Bertz CT molecular complexity index is 748. The van der Waals surface area contributed by atoms with E-state index in [1.165, 1.54) is 0 Å². The lowest BCUT2D eigenvalue weighted by Gasteiger charge is -2.30. The van der Waals surface area contributed by atoms with Gasteiger partial charge in [0.2, 0.25) is 0 Å². The number of hydrogen-bond acceptors (Lipinski definition) is 5. The summed E-state index contributed by atoms with van der Waals surface area (Å²) in [6.45, 7) is 4.80. The van der Waals surface area contributed by atoms with Gasteiger partial charge in [-0.25, -0.2) is 0 Å². The maximum absolute atomic E-state index is 12.3. The third-order valence-corrected chi connectivity index (χ3v) is 4.31. The van der Waals surface area contributed by atoms with E-state index in [1.54, 1.807) is 23.4 Å². The first kappa shape index (κ1) is 16.2. The number of nitrogens with zero attached hydrogens (tertiary/aromatic N) is 3. The molecule has 1 aliphatic heterocycles. The Morgan fingerprint density at radius 3 is 2.67 bits per heavy atom. The normalized spacial score (nSPS) is 15.3. The van der Waals surface area contributed by atoms with Gasteiger partial charge >= 0.3 is 11.8 Å². The number of amides is 2. The Morgan fingerprint density at radius 2 is 2.04 bits per heavy atom. The molecule has 0 aromatic carbocycles. The van der Waals surface area contributed by atoms with Crippen LogP contribution < -0.4 is 5.32 Å². The van der Waals surface area contributed by atoms with Crippen molar-refractivity contribution in [2.45, 2.75) is 32.6 Å². The lowest BCUT2D eigenvalue weighted by Crippen LogP contribution is -2.43. The van der Waals surface area contributed by atoms with Crippen molar-refractivity contribution in [3.8, 4) is 0 Å². The Kier molecular flexibility index (Phi) is 4.59. The number of rotatable bonds is 2. The fraction of sp³-hybridized carbons (Fsp3) is 0.412. The number of hydrogen-bond donors (Lipinski definition) is 1. The summed E-state index contributed by atoms with van der Waals surface area (Å²) in [4.78, 5) is 30.0. The van der Waals surface area contributed by atoms with Gasteiger partial charge in [-0.3, -0.25) is 14.6 Å². The molecule has 7 nitrogen and oxygen atoms in total. The monoisotopic (exact) mass is 328 g/mol. The molecule has 1 fully saturated rings. The maximum Gasteiger partial charge on any atom is 0.313 e. The van der Waals surface area contributed by atoms with E-state index in [9.17, 15) is 9.59 Å². The predicted octanol–water partition coefficient (Wildman–Crippen LogP) is 2.03. The van der Waals surface area contributed by atoms with Gasteiger partial charge in [-0.2, -0.15) is 0 Å². The molecule has 0 atom stereocenters. The number of aryl methyl sites for hydroxylation is 2. The lowest BCUT2D eigenvalue weighted by atomic mass is 9.94. The highest BCUT2D eigenvalue weighted by Crippen LogP contribution is 2.28. The molecular weight excluding hydrogens is 308 g/mol. The second-order valence-corrected chi connectivity index (χ2v) is 6.08. The van der Waals surface area contributed by atoms with E-state index in [4.69, 9.17) is 4.52 Å². The van der Waals surface area contributed by atoms with Crippen molar-refractivity contribution in [3.05, 3.63) is 41.5 Å². The van der Waals surface area contributed by atoms with Gasteiger partial charge in [-0.15, -0.1) is 0 Å². The molecule has 1 aliphatic rings. The van der Waals surface area contributed by atoms with Crippen molar-refractivity contribution in [1.82, 2.24) is 15.0 Å². The first-order valence-corrected chi connectivity index (χ1v) is 7.98. The zero-order chi connectivity index (χ0) is 17.1. The van der Waals surface area contributed by atoms with Crippen LogP contribution in [0.25, 0.3) is 0 Å². The number of carbonyl (C=O) groups excluding carboxylic acids is 2. The molecule has 3 rings (SSSR count). The molecule has 0 unspecified atom stereocenters. The first-order valence-electron chi connectivity index (χ1n) is 7.98. The highest BCUT2D eigenvalue weighted by molar-refractivity contribution is 6.39. The average Bonchev–Trinajstić information content (AvgIpc) is 3.03. The van der Waals surface area contributed by atoms with Gasteiger partial charge in [-0.1, -0.05) is 5.16 Å². The number of likely N-dealkylation sites (tertiary alicyclic amines) is 1. The summed E-state index contributed by atoms with van der Waals surface area (Å²) in [5.41, 5.74) is 2.28. The Morgan fingerprint density at radius 1 is 1.29 bits per heavy atom. The van der Waals surface area contributed by atoms with E-state index in [1.807, 2.05) is 19.9 Å². The number of pyridine rings is 1. The number of anilines is 1. The molecule has 126 valence electrons. The number of nitrogens with one attached hydrogen (secondary N) is 1. The minimum atomic E-state index is -0.625. The van der Waals surface area contributed by atoms with E-state index in [2.05, 4.69) is 15.5 Å². The van der Waals surface area contributed by atoms with Crippen LogP contribution in [-0.4, -0.2) is 39.9 Å². The molecule has 24 heavy (non-hydrogen) atoms. The maximum atomic E-state index is 12.3. The Hall–Kier alpha value is -2.70. The number of piperidine rings is 1. The molecule has 2 aromatic heterocycles. The van der Waals surface area contributed by atoms with Gasteiger partial charge in [0.15, 0.2) is 0 Å². The minimum Gasteiger partial charge on any atom is -0.361 e. The quantitative estimate of drug-likeness (QED) is 0.852. The lowest BCUT2D eigenvalue weighted by molar-refractivity contribution is -0.143. The standard InChI is InChI=1S/C17H20N4O3/c1-11-3-6-18-10-14(11)19-16(22)17(23)21-7-4-13(5-8-21)15-9-12(2)20-24-15/h3,6,9-10,13H,4-5,7-8H2,1-2H3,(H,19,22). The molecule has 0 aliphatic carbocycles. The van der Waals surface area contributed by atoms with E-state index in [0.29, 0.717) is 18.8 Å². The summed E-state index contributed by atoms with van der Waals surface area (Å²) in [6, 6.07) is 3.71. The third-order valence-electron chi connectivity index (χ3n) is 4.31. The van der Waals surface area contributed by atoms with Gasteiger partial charge in [0.1, 0.15) is 5.76 Å².